The lowest BCUT2D eigenvalue weighted by Gasteiger charge is -2.30. The van der Waals surface area contributed by atoms with Gasteiger partial charge in [-0.15, -0.1) is 0 Å². The number of rotatable bonds is 3. The predicted octanol–water partition coefficient (Wildman–Crippen LogP) is 5.28. The first-order chi connectivity index (χ1) is 11.6. The van der Waals surface area contributed by atoms with Crippen molar-refractivity contribution in [1.82, 2.24) is 0 Å². The van der Waals surface area contributed by atoms with Crippen LogP contribution in [0.2, 0.25) is 5.02 Å². The minimum atomic E-state index is -0.474. The summed E-state index contributed by atoms with van der Waals surface area (Å²) in [5, 5.41) is 6.72. The van der Waals surface area contributed by atoms with E-state index in [1.54, 1.807) is 6.07 Å². The van der Waals surface area contributed by atoms with E-state index in [1.807, 2.05) is 18.2 Å². The van der Waals surface area contributed by atoms with Crippen LogP contribution in [0.4, 0.5) is 21.5 Å². The molecule has 0 aliphatic carbocycles. The highest BCUT2D eigenvalue weighted by molar-refractivity contribution is 7.80. The molecule has 1 saturated heterocycles. The van der Waals surface area contributed by atoms with Gasteiger partial charge in [0.15, 0.2) is 5.11 Å². The fraction of sp³-hybridized carbons (Fsp3) is 0.278. The highest BCUT2D eigenvalue weighted by atomic mass is 35.5. The lowest BCUT2D eigenvalue weighted by Crippen LogP contribution is -2.30. The molecular formula is C18H19ClFN3S. The quantitative estimate of drug-likeness (QED) is 0.725. The van der Waals surface area contributed by atoms with E-state index in [0.29, 0.717) is 10.8 Å². The molecule has 3 rings (SSSR count). The largest absolute Gasteiger partial charge is 0.370 e. The Balaban J connectivity index is 1.71. The molecule has 0 unspecified atom stereocenters. The van der Waals surface area contributed by atoms with Crippen LogP contribution in [-0.4, -0.2) is 18.2 Å². The summed E-state index contributed by atoms with van der Waals surface area (Å²) >= 11 is 11.1. The third kappa shape index (κ3) is 4.16. The summed E-state index contributed by atoms with van der Waals surface area (Å²) in [5.41, 5.74) is 2.65. The van der Waals surface area contributed by atoms with Crippen molar-refractivity contribution >= 4 is 46.0 Å². The molecule has 0 aromatic heterocycles. The minimum Gasteiger partial charge on any atom is -0.370 e. The molecule has 1 aliphatic rings. The summed E-state index contributed by atoms with van der Waals surface area (Å²) in [6.07, 6.45) is 3.70. The van der Waals surface area contributed by atoms with Crippen LogP contribution in [0, 0.1) is 5.82 Å². The van der Waals surface area contributed by atoms with Crippen LogP contribution >= 0.6 is 23.8 Å². The van der Waals surface area contributed by atoms with Crippen LogP contribution in [0.25, 0.3) is 0 Å². The van der Waals surface area contributed by atoms with Gasteiger partial charge in [-0.05, 0) is 61.8 Å². The number of para-hydroxylation sites is 2. The summed E-state index contributed by atoms with van der Waals surface area (Å²) in [7, 11) is 0. The Morgan fingerprint density at radius 3 is 2.54 bits per heavy atom. The molecule has 2 aromatic rings. The standard InChI is InChI=1S/C18H19ClFN3S/c19-14-9-8-13(12-15(14)20)21-18(24)22-16-6-2-3-7-17(16)23-10-4-1-5-11-23/h2-3,6-9,12H,1,4-5,10-11H2,(H2,21,22,24). The third-order valence-corrected chi connectivity index (χ3v) is 4.54. The van der Waals surface area contributed by atoms with E-state index >= 15 is 0 Å². The number of piperidine rings is 1. The van der Waals surface area contributed by atoms with Crippen molar-refractivity contribution in [1.29, 1.82) is 0 Å². The van der Waals surface area contributed by atoms with E-state index < -0.39 is 5.82 Å². The zero-order valence-corrected chi connectivity index (χ0v) is 14.8. The van der Waals surface area contributed by atoms with Crippen LogP contribution in [0.5, 0.6) is 0 Å². The molecular weight excluding hydrogens is 345 g/mol. The van der Waals surface area contributed by atoms with E-state index in [-0.39, 0.29) is 5.02 Å². The Morgan fingerprint density at radius 1 is 1.04 bits per heavy atom. The van der Waals surface area contributed by atoms with E-state index in [4.69, 9.17) is 23.8 Å². The Labute approximate surface area is 151 Å². The molecule has 0 atom stereocenters. The van der Waals surface area contributed by atoms with Crippen molar-refractivity contribution in [3.8, 4) is 0 Å². The first-order valence-electron chi connectivity index (χ1n) is 8.00. The highest BCUT2D eigenvalue weighted by Crippen LogP contribution is 2.28. The molecule has 0 bridgehead atoms. The maximum Gasteiger partial charge on any atom is 0.175 e. The first kappa shape index (κ1) is 17.0. The Hall–Kier alpha value is -1.85. The van der Waals surface area contributed by atoms with Gasteiger partial charge < -0.3 is 15.5 Å². The molecule has 0 saturated carbocycles. The molecule has 6 heteroatoms. The lowest BCUT2D eigenvalue weighted by atomic mass is 10.1. The van der Waals surface area contributed by atoms with Gasteiger partial charge in [-0.2, -0.15) is 0 Å². The number of halogens is 2. The summed E-state index contributed by atoms with van der Waals surface area (Å²) in [6.45, 7) is 2.11. The van der Waals surface area contributed by atoms with Crippen LogP contribution in [-0.2, 0) is 0 Å². The summed E-state index contributed by atoms with van der Waals surface area (Å²) in [4.78, 5) is 2.37. The first-order valence-corrected chi connectivity index (χ1v) is 8.79. The van der Waals surface area contributed by atoms with Gasteiger partial charge in [0.2, 0.25) is 0 Å². The fourth-order valence-corrected chi connectivity index (χ4v) is 3.19. The number of nitrogens with zero attached hydrogens (tertiary/aromatic N) is 1. The third-order valence-electron chi connectivity index (χ3n) is 4.03. The normalized spacial score (nSPS) is 14.3. The van der Waals surface area contributed by atoms with Gasteiger partial charge in [-0.1, -0.05) is 23.7 Å². The van der Waals surface area contributed by atoms with Crippen molar-refractivity contribution in [3.05, 3.63) is 53.3 Å². The predicted molar refractivity (Wildman–Crippen MR) is 104 cm³/mol. The summed E-state index contributed by atoms with van der Waals surface area (Å²) in [5.74, 6) is -0.474. The SMILES string of the molecule is Fc1cc(NC(=S)Nc2ccccc2N2CCCCC2)ccc1Cl. The molecule has 24 heavy (non-hydrogen) atoms. The smallest absolute Gasteiger partial charge is 0.175 e. The van der Waals surface area contributed by atoms with Gasteiger partial charge in [-0.25, -0.2) is 4.39 Å². The van der Waals surface area contributed by atoms with Crippen LogP contribution in [0.1, 0.15) is 19.3 Å². The Morgan fingerprint density at radius 2 is 1.79 bits per heavy atom. The van der Waals surface area contributed by atoms with Gasteiger partial charge in [0, 0.05) is 18.8 Å². The van der Waals surface area contributed by atoms with Gasteiger partial charge in [0.05, 0.1) is 16.4 Å². The lowest BCUT2D eigenvalue weighted by molar-refractivity contribution is 0.578. The molecule has 0 amide bonds. The van der Waals surface area contributed by atoms with E-state index in [2.05, 4.69) is 21.6 Å². The molecule has 3 nitrogen and oxygen atoms in total. The van der Waals surface area contributed by atoms with Crippen molar-refractivity contribution < 1.29 is 4.39 Å². The second kappa shape index (κ2) is 7.81. The van der Waals surface area contributed by atoms with Crippen LogP contribution in [0.15, 0.2) is 42.5 Å². The average molecular weight is 364 g/mol. The maximum atomic E-state index is 13.5. The number of hydrogen-bond donors (Lipinski definition) is 2. The second-order valence-electron chi connectivity index (χ2n) is 5.77. The zero-order chi connectivity index (χ0) is 16.9. The second-order valence-corrected chi connectivity index (χ2v) is 6.59. The number of hydrogen-bond acceptors (Lipinski definition) is 2. The zero-order valence-electron chi connectivity index (χ0n) is 13.2. The van der Waals surface area contributed by atoms with Crippen LogP contribution < -0.4 is 15.5 Å². The molecule has 1 aliphatic heterocycles. The van der Waals surface area contributed by atoms with E-state index in [9.17, 15) is 4.39 Å². The van der Waals surface area contributed by atoms with Gasteiger partial charge in [-0.3, -0.25) is 0 Å². The van der Waals surface area contributed by atoms with Gasteiger partial charge in [0.25, 0.3) is 0 Å². The molecule has 2 N–H and O–H groups in total. The molecule has 0 radical (unpaired) electrons. The van der Waals surface area contributed by atoms with E-state index in [0.717, 1.165) is 24.5 Å². The number of benzene rings is 2. The number of nitrogens with one attached hydrogen (secondary N) is 2. The van der Waals surface area contributed by atoms with E-state index in [1.165, 1.54) is 31.4 Å². The highest BCUT2D eigenvalue weighted by Gasteiger charge is 2.14. The van der Waals surface area contributed by atoms with Gasteiger partial charge in [0.1, 0.15) is 5.82 Å². The summed E-state index contributed by atoms with van der Waals surface area (Å²) in [6, 6.07) is 12.6. The topological polar surface area (TPSA) is 27.3 Å². The average Bonchev–Trinajstić information content (AvgIpc) is 2.59. The Kier molecular flexibility index (Phi) is 5.53. The van der Waals surface area contributed by atoms with Crippen molar-refractivity contribution in [2.75, 3.05) is 28.6 Å². The summed E-state index contributed by atoms with van der Waals surface area (Å²) < 4.78 is 13.5. The monoisotopic (exact) mass is 363 g/mol. The molecule has 2 aromatic carbocycles. The fourth-order valence-electron chi connectivity index (χ4n) is 2.85. The van der Waals surface area contributed by atoms with Crippen molar-refractivity contribution in [3.63, 3.8) is 0 Å². The molecule has 0 spiro atoms. The Bertz CT molecular complexity index is 732. The van der Waals surface area contributed by atoms with Crippen molar-refractivity contribution in [2.24, 2.45) is 0 Å². The molecule has 1 heterocycles. The molecule has 1 fully saturated rings. The molecule has 126 valence electrons. The maximum absolute atomic E-state index is 13.5. The number of thiocarbonyl (C=S) groups is 1. The van der Waals surface area contributed by atoms with Crippen molar-refractivity contribution in [2.45, 2.75) is 19.3 Å². The van der Waals surface area contributed by atoms with Crippen LogP contribution in [0.3, 0.4) is 0 Å². The van der Waals surface area contributed by atoms with Gasteiger partial charge >= 0.3 is 0 Å². The minimum absolute atomic E-state index is 0.0925. The number of anilines is 3.